The number of aliphatic imine (C=N–C) groups is 1. The number of carbonyl (C=O) groups excluding carboxylic acids is 1. The molecule has 5 nitrogen and oxygen atoms in total. The number of hydrogen-bond donors (Lipinski definition) is 2. The second kappa shape index (κ2) is 7.27. The van der Waals surface area contributed by atoms with Crippen molar-refractivity contribution in [1.29, 1.82) is 0 Å². The van der Waals surface area contributed by atoms with Gasteiger partial charge >= 0.3 is 0 Å². The SMILES string of the molecule is COc1cc(/C=C2/SC(=Nc3ccccc3)NC2=O)cc(I)c1O. The van der Waals surface area contributed by atoms with Gasteiger partial charge in [-0.15, -0.1) is 0 Å². The van der Waals surface area contributed by atoms with E-state index in [2.05, 4.69) is 10.3 Å². The van der Waals surface area contributed by atoms with Gasteiger partial charge in [-0.1, -0.05) is 18.2 Å². The second-order valence-electron chi connectivity index (χ2n) is 4.87. The molecule has 2 aromatic carbocycles. The Balaban J connectivity index is 1.88. The first-order chi connectivity index (χ1) is 11.6. The van der Waals surface area contributed by atoms with Crippen LogP contribution in [0.1, 0.15) is 5.56 Å². The smallest absolute Gasteiger partial charge is 0.264 e. The van der Waals surface area contributed by atoms with Gasteiger partial charge in [0.25, 0.3) is 5.91 Å². The molecule has 0 aliphatic carbocycles. The van der Waals surface area contributed by atoms with Gasteiger partial charge in [0.2, 0.25) is 0 Å². The van der Waals surface area contributed by atoms with Crippen LogP contribution < -0.4 is 10.1 Å². The number of rotatable bonds is 3. The van der Waals surface area contributed by atoms with Crippen LogP contribution in [0, 0.1) is 3.57 Å². The molecule has 0 aromatic heterocycles. The zero-order valence-corrected chi connectivity index (χ0v) is 15.6. The number of amidine groups is 1. The van der Waals surface area contributed by atoms with Crippen molar-refractivity contribution < 1.29 is 14.6 Å². The number of hydrogen-bond acceptors (Lipinski definition) is 5. The van der Waals surface area contributed by atoms with Crippen LogP contribution in [0.5, 0.6) is 11.5 Å². The molecule has 1 amide bonds. The van der Waals surface area contributed by atoms with E-state index in [0.29, 0.717) is 19.4 Å². The molecule has 0 atom stereocenters. The quantitative estimate of drug-likeness (QED) is 0.548. The Kier molecular flexibility index (Phi) is 5.10. The van der Waals surface area contributed by atoms with Gasteiger partial charge in [0.15, 0.2) is 16.7 Å². The number of phenols is 1. The molecule has 122 valence electrons. The molecular weight excluding hydrogens is 439 g/mol. The normalized spacial score (nSPS) is 17.3. The van der Waals surface area contributed by atoms with Crippen LogP contribution in [0.15, 0.2) is 52.4 Å². The van der Waals surface area contributed by atoms with E-state index in [4.69, 9.17) is 4.74 Å². The van der Waals surface area contributed by atoms with Gasteiger partial charge in [0, 0.05) is 0 Å². The van der Waals surface area contributed by atoms with Crippen molar-refractivity contribution in [3.05, 3.63) is 56.5 Å². The minimum atomic E-state index is -0.197. The highest BCUT2D eigenvalue weighted by atomic mass is 127. The highest BCUT2D eigenvalue weighted by Crippen LogP contribution is 2.35. The van der Waals surface area contributed by atoms with Crippen molar-refractivity contribution in [2.75, 3.05) is 7.11 Å². The number of carbonyl (C=O) groups is 1. The molecule has 24 heavy (non-hydrogen) atoms. The third kappa shape index (κ3) is 3.73. The van der Waals surface area contributed by atoms with E-state index in [1.54, 1.807) is 18.2 Å². The second-order valence-corrected chi connectivity index (χ2v) is 7.06. The molecule has 0 unspecified atom stereocenters. The molecular formula is C17H13IN2O3S. The lowest BCUT2D eigenvalue weighted by molar-refractivity contribution is -0.115. The van der Waals surface area contributed by atoms with Crippen LogP contribution in [-0.2, 0) is 4.79 Å². The zero-order valence-electron chi connectivity index (χ0n) is 12.6. The monoisotopic (exact) mass is 452 g/mol. The topological polar surface area (TPSA) is 70.9 Å². The minimum Gasteiger partial charge on any atom is -0.504 e. The maximum absolute atomic E-state index is 12.1. The molecule has 1 saturated heterocycles. The van der Waals surface area contributed by atoms with Crippen LogP contribution in [0.3, 0.4) is 0 Å². The molecule has 0 spiro atoms. The van der Waals surface area contributed by atoms with Gasteiger partial charge in [-0.05, 0) is 70.3 Å². The number of nitrogens with one attached hydrogen (secondary N) is 1. The summed E-state index contributed by atoms with van der Waals surface area (Å²) in [6.07, 6.45) is 1.75. The van der Waals surface area contributed by atoms with Crippen molar-refractivity contribution >= 4 is 57.2 Å². The summed E-state index contributed by atoms with van der Waals surface area (Å²) in [6.45, 7) is 0. The van der Waals surface area contributed by atoms with Crippen LogP contribution in [-0.4, -0.2) is 23.3 Å². The van der Waals surface area contributed by atoms with Gasteiger partial charge in [-0.2, -0.15) is 0 Å². The molecule has 0 radical (unpaired) electrons. The summed E-state index contributed by atoms with van der Waals surface area (Å²) in [6, 6.07) is 12.9. The van der Waals surface area contributed by atoms with Crippen molar-refractivity contribution in [2.45, 2.75) is 0 Å². The van der Waals surface area contributed by atoms with Crippen LogP contribution in [0.4, 0.5) is 5.69 Å². The molecule has 1 fully saturated rings. The Morgan fingerprint density at radius 1 is 1.29 bits per heavy atom. The standard InChI is InChI=1S/C17H13IN2O3S/c1-23-13-8-10(7-12(18)15(13)21)9-14-16(22)20-17(24-14)19-11-5-3-2-4-6-11/h2-9,21H,1H3,(H,19,20,22)/b14-9+. The number of phenolic OH excluding ortho intramolecular Hbond substituents is 1. The fourth-order valence-electron chi connectivity index (χ4n) is 2.08. The molecule has 3 rings (SSSR count). The number of para-hydroxylation sites is 1. The maximum Gasteiger partial charge on any atom is 0.264 e. The first-order valence-corrected chi connectivity index (χ1v) is 8.87. The van der Waals surface area contributed by atoms with Crippen molar-refractivity contribution in [3.8, 4) is 11.5 Å². The third-order valence-electron chi connectivity index (χ3n) is 3.21. The minimum absolute atomic E-state index is 0.0927. The van der Waals surface area contributed by atoms with E-state index in [1.807, 2.05) is 52.9 Å². The van der Waals surface area contributed by atoms with E-state index in [-0.39, 0.29) is 11.7 Å². The third-order valence-corrected chi connectivity index (χ3v) is 4.94. The molecule has 0 bridgehead atoms. The van der Waals surface area contributed by atoms with Gasteiger partial charge in [0.1, 0.15) is 0 Å². The number of benzene rings is 2. The molecule has 7 heteroatoms. The van der Waals surface area contributed by atoms with Crippen molar-refractivity contribution in [2.24, 2.45) is 4.99 Å². The fraction of sp³-hybridized carbons (Fsp3) is 0.0588. The lowest BCUT2D eigenvalue weighted by Gasteiger charge is -2.06. The number of aromatic hydroxyl groups is 1. The first kappa shape index (κ1) is 16.8. The summed E-state index contributed by atoms with van der Waals surface area (Å²) in [5.74, 6) is 0.266. The first-order valence-electron chi connectivity index (χ1n) is 6.98. The number of halogens is 1. The number of ether oxygens (including phenoxy) is 1. The fourth-order valence-corrected chi connectivity index (χ4v) is 3.55. The van der Waals surface area contributed by atoms with Crippen LogP contribution >= 0.6 is 34.4 Å². The van der Waals surface area contributed by atoms with Gasteiger partial charge in [0.05, 0.1) is 21.3 Å². The number of thioether (sulfide) groups is 1. The number of nitrogens with zero attached hydrogens (tertiary/aromatic N) is 1. The summed E-state index contributed by atoms with van der Waals surface area (Å²) in [5.41, 5.74) is 1.55. The lowest BCUT2D eigenvalue weighted by atomic mass is 10.2. The number of methoxy groups -OCH3 is 1. The Hall–Kier alpha value is -2.00. The van der Waals surface area contributed by atoms with Crippen molar-refractivity contribution in [3.63, 3.8) is 0 Å². The van der Waals surface area contributed by atoms with E-state index in [1.165, 1.54) is 18.9 Å². The summed E-state index contributed by atoms with van der Waals surface area (Å²) < 4.78 is 5.80. The summed E-state index contributed by atoms with van der Waals surface area (Å²) in [7, 11) is 1.49. The van der Waals surface area contributed by atoms with Crippen molar-refractivity contribution in [1.82, 2.24) is 5.32 Å². The largest absolute Gasteiger partial charge is 0.504 e. The molecule has 1 aliphatic rings. The highest BCUT2D eigenvalue weighted by molar-refractivity contribution is 14.1. The van der Waals surface area contributed by atoms with E-state index < -0.39 is 0 Å². The average Bonchev–Trinajstić information content (AvgIpc) is 2.91. The van der Waals surface area contributed by atoms with E-state index in [0.717, 1.165) is 11.3 Å². The average molecular weight is 452 g/mol. The molecule has 1 heterocycles. The molecule has 2 aromatic rings. The molecule has 1 aliphatic heterocycles. The highest BCUT2D eigenvalue weighted by Gasteiger charge is 2.24. The zero-order chi connectivity index (χ0) is 17.1. The molecule has 0 saturated carbocycles. The summed E-state index contributed by atoms with van der Waals surface area (Å²) in [4.78, 5) is 17.1. The van der Waals surface area contributed by atoms with E-state index in [9.17, 15) is 9.90 Å². The Morgan fingerprint density at radius 3 is 2.75 bits per heavy atom. The van der Waals surface area contributed by atoms with Gasteiger partial charge in [-0.3, -0.25) is 4.79 Å². The lowest BCUT2D eigenvalue weighted by Crippen LogP contribution is -2.19. The predicted molar refractivity (Wildman–Crippen MR) is 105 cm³/mol. The van der Waals surface area contributed by atoms with Crippen LogP contribution in [0.25, 0.3) is 6.08 Å². The predicted octanol–water partition coefficient (Wildman–Crippen LogP) is 3.90. The van der Waals surface area contributed by atoms with Gasteiger partial charge in [-0.25, -0.2) is 4.99 Å². The summed E-state index contributed by atoms with van der Waals surface area (Å²) in [5, 5.41) is 13.2. The maximum atomic E-state index is 12.1. The number of amides is 1. The Morgan fingerprint density at radius 2 is 2.04 bits per heavy atom. The van der Waals surface area contributed by atoms with E-state index >= 15 is 0 Å². The summed E-state index contributed by atoms with van der Waals surface area (Å²) >= 11 is 3.30. The van der Waals surface area contributed by atoms with Gasteiger partial charge < -0.3 is 15.2 Å². The Bertz CT molecular complexity index is 850. The Labute approximate surface area is 157 Å². The molecule has 2 N–H and O–H groups in total. The van der Waals surface area contributed by atoms with Crippen LogP contribution in [0.2, 0.25) is 0 Å².